The van der Waals surface area contributed by atoms with Crippen LogP contribution >= 0.6 is 0 Å². The molecule has 4 aromatic rings. The molecule has 0 amide bonds. The van der Waals surface area contributed by atoms with Crippen LogP contribution in [-0.2, 0) is 16.8 Å². The van der Waals surface area contributed by atoms with Crippen molar-refractivity contribution in [1.29, 1.82) is 0 Å². The van der Waals surface area contributed by atoms with Gasteiger partial charge in [-0.3, -0.25) is 0 Å². The van der Waals surface area contributed by atoms with Gasteiger partial charge >= 0.3 is 0 Å². The van der Waals surface area contributed by atoms with Gasteiger partial charge in [0.05, 0.1) is 24.6 Å². The Balaban J connectivity index is 1.24. The second-order valence-electron chi connectivity index (χ2n) is 11.0. The highest BCUT2D eigenvalue weighted by Crippen LogP contribution is 2.27. The highest BCUT2D eigenvalue weighted by molar-refractivity contribution is 5.53. The quantitative estimate of drug-likeness (QED) is 0.146. The van der Waals surface area contributed by atoms with Crippen molar-refractivity contribution < 1.29 is 4.74 Å². The van der Waals surface area contributed by atoms with E-state index in [1.54, 1.807) is 0 Å². The molecule has 0 fully saturated rings. The van der Waals surface area contributed by atoms with E-state index in [0.717, 1.165) is 30.2 Å². The van der Waals surface area contributed by atoms with Crippen LogP contribution in [0.4, 0.5) is 17.1 Å². The minimum absolute atomic E-state index is 0.134. The monoisotopic (exact) mass is 519 g/mol. The van der Waals surface area contributed by atoms with Crippen molar-refractivity contribution in [1.82, 2.24) is 0 Å². The standard InChI is InChI=1S/C35H41N3O/c1-6-38(24-25-39-26-28-12-14-30(15-13-28)27(2)29-10-8-7-9-11-29)34-22-20-33(21-23-34)37-36-32-18-16-31(17-19-32)35(3,4)5/h7-23,27H,6,24-26H2,1-5H3. The topological polar surface area (TPSA) is 37.2 Å². The van der Waals surface area contributed by atoms with Crippen molar-refractivity contribution in [3.05, 3.63) is 125 Å². The van der Waals surface area contributed by atoms with Crippen LogP contribution in [0.15, 0.2) is 113 Å². The Kier molecular flexibility index (Phi) is 9.67. The summed E-state index contributed by atoms with van der Waals surface area (Å²) in [5.41, 5.74) is 8.15. The summed E-state index contributed by atoms with van der Waals surface area (Å²) in [4.78, 5) is 2.32. The van der Waals surface area contributed by atoms with Crippen LogP contribution in [-0.4, -0.2) is 19.7 Å². The Labute approximate surface area is 234 Å². The van der Waals surface area contributed by atoms with Gasteiger partial charge in [0.1, 0.15) is 0 Å². The summed E-state index contributed by atoms with van der Waals surface area (Å²) in [6.07, 6.45) is 0. The van der Waals surface area contributed by atoms with E-state index in [2.05, 4.69) is 129 Å². The number of ether oxygens (including phenoxy) is 1. The van der Waals surface area contributed by atoms with Gasteiger partial charge in [-0.15, -0.1) is 0 Å². The first-order valence-electron chi connectivity index (χ1n) is 13.9. The molecule has 0 aromatic heterocycles. The predicted octanol–water partition coefficient (Wildman–Crippen LogP) is 9.59. The summed E-state index contributed by atoms with van der Waals surface area (Å²) in [7, 11) is 0. The van der Waals surface area contributed by atoms with Gasteiger partial charge in [0, 0.05) is 24.7 Å². The van der Waals surface area contributed by atoms with Gasteiger partial charge < -0.3 is 9.64 Å². The van der Waals surface area contributed by atoms with E-state index >= 15 is 0 Å². The molecule has 0 aliphatic carbocycles. The normalized spacial score (nSPS) is 12.5. The summed E-state index contributed by atoms with van der Waals surface area (Å²) in [5.74, 6) is 0.382. The van der Waals surface area contributed by atoms with Crippen molar-refractivity contribution >= 4 is 17.1 Å². The minimum Gasteiger partial charge on any atom is -0.375 e. The molecule has 0 radical (unpaired) electrons. The van der Waals surface area contributed by atoms with Crippen LogP contribution in [0.2, 0.25) is 0 Å². The Bertz CT molecular complexity index is 1310. The molecule has 39 heavy (non-hydrogen) atoms. The van der Waals surface area contributed by atoms with E-state index in [4.69, 9.17) is 4.74 Å². The summed E-state index contributed by atoms with van der Waals surface area (Å²) < 4.78 is 6.02. The van der Waals surface area contributed by atoms with Crippen molar-refractivity contribution in [2.75, 3.05) is 24.6 Å². The van der Waals surface area contributed by atoms with E-state index in [-0.39, 0.29) is 5.41 Å². The molecule has 0 heterocycles. The summed E-state index contributed by atoms with van der Waals surface area (Å²) in [6.45, 7) is 14.1. The van der Waals surface area contributed by atoms with Gasteiger partial charge in [-0.2, -0.15) is 10.2 Å². The van der Waals surface area contributed by atoms with Crippen LogP contribution in [0.1, 0.15) is 62.8 Å². The lowest BCUT2D eigenvalue weighted by atomic mass is 9.87. The Morgan fingerprint density at radius 2 is 1.28 bits per heavy atom. The van der Waals surface area contributed by atoms with E-state index in [0.29, 0.717) is 19.1 Å². The molecule has 4 aromatic carbocycles. The average Bonchev–Trinajstić information content (AvgIpc) is 2.97. The molecule has 4 nitrogen and oxygen atoms in total. The highest BCUT2D eigenvalue weighted by Gasteiger charge is 2.13. The molecule has 202 valence electrons. The number of rotatable bonds is 11. The summed E-state index contributed by atoms with van der Waals surface area (Å²) in [6, 6.07) is 36.0. The number of likely N-dealkylation sites (N-methyl/N-ethyl adjacent to an activating group) is 1. The summed E-state index contributed by atoms with van der Waals surface area (Å²) >= 11 is 0. The van der Waals surface area contributed by atoms with Crippen LogP contribution in [0.25, 0.3) is 0 Å². The smallest absolute Gasteiger partial charge is 0.0858 e. The van der Waals surface area contributed by atoms with Crippen molar-refractivity contribution in [3.8, 4) is 0 Å². The van der Waals surface area contributed by atoms with Crippen molar-refractivity contribution in [2.24, 2.45) is 10.2 Å². The first-order valence-corrected chi connectivity index (χ1v) is 13.9. The highest BCUT2D eigenvalue weighted by atomic mass is 16.5. The molecule has 0 spiro atoms. The molecule has 0 N–H and O–H groups in total. The predicted molar refractivity (Wildman–Crippen MR) is 164 cm³/mol. The van der Waals surface area contributed by atoms with Crippen LogP contribution in [0, 0.1) is 0 Å². The van der Waals surface area contributed by atoms with Gasteiger partial charge in [-0.1, -0.05) is 94.4 Å². The molecule has 1 unspecified atom stereocenters. The lowest BCUT2D eigenvalue weighted by Crippen LogP contribution is -2.26. The molecule has 0 aliphatic rings. The van der Waals surface area contributed by atoms with Crippen LogP contribution in [0.5, 0.6) is 0 Å². The van der Waals surface area contributed by atoms with Crippen LogP contribution < -0.4 is 4.90 Å². The Hall–Kier alpha value is -3.76. The molecular weight excluding hydrogens is 478 g/mol. The molecule has 4 rings (SSSR count). The number of anilines is 1. The van der Waals surface area contributed by atoms with Gasteiger partial charge in [-0.05, 0) is 71.0 Å². The second-order valence-corrected chi connectivity index (χ2v) is 11.0. The van der Waals surface area contributed by atoms with Crippen molar-refractivity contribution in [2.45, 2.75) is 52.6 Å². The average molecular weight is 520 g/mol. The largest absolute Gasteiger partial charge is 0.375 e. The zero-order valence-corrected chi connectivity index (χ0v) is 24.0. The van der Waals surface area contributed by atoms with E-state index in [9.17, 15) is 0 Å². The first kappa shape index (κ1) is 28.3. The maximum atomic E-state index is 6.02. The van der Waals surface area contributed by atoms with Gasteiger partial charge in [0.15, 0.2) is 0 Å². The lowest BCUT2D eigenvalue weighted by molar-refractivity contribution is 0.127. The SMILES string of the molecule is CCN(CCOCc1ccc(C(C)c2ccccc2)cc1)c1ccc(N=Nc2ccc(C(C)(C)C)cc2)cc1. The number of hydrogen-bond acceptors (Lipinski definition) is 4. The van der Waals surface area contributed by atoms with Crippen molar-refractivity contribution in [3.63, 3.8) is 0 Å². The number of azo groups is 1. The summed E-state index contributed by atoms with van der Waals surface area (Å²) in [5, 5.41) is 8.82. The van der Waals surface area contributed by atoms with E-state index in [1.165, 1.54) is 22.3 Å². The Morgan fingerprint density at radius 3 is 1.85 bits per heavy atom. The fourth-order valence-corrected chi connectivity index (χ4v) is 4.54. The van der Waals surface area contributed by atoms with Gasteiger partial charge in [0.2, 0.25) is 0 Å². The van der Waals surface area contributed by atoms with Gasteiger partial charge in [0.25, 0.3) is 0 Å². The zero-order chi connectivity index (χ0) is 27.7. The third-order valence-electron chi connectivity index (χ3n) is 7.16. The molecule has 0 saturated heterocycles. The molecule has 0 bridgehead atoms. The number of benzene rings is 4. The maximum absolute atomic E-state index is 6.02. The van der Waals surface area contributed by atoms with E-state index in [1.807, 2.05) is 24.3 Å². The van der Waals surface area contributed by atoms with Crippen LogP contribution in [0.3, 0.4) is 0 Å². The lowest BCUT2D eigenvalue weighted by Gasteiger charge is -2.23. The molecule has 4 heteroatoms. The third-order valence-corrected chi connectivity index (χ3v) is 7.16. The third kappa shape index (κ3) is 8.11. The minimum atomic E-state index is 0.134. The van der Waals surface area contributed by atoms with Gasteiger partial charge in [-0.25, -0.2) is 0 Å². The molecule has 0 aliphatic heterocycles. The number of hydrogen-bond donors (Lipinski definition) is 0. The first-order chi connectivity index (χ1) is 18.8. The zero-order valence-electron chi connectivity index (χ0n) is 24.0. The molecular formula is C35H41N3O. The molecule has 1 atom stereocenters. The number of nitrogens with zero attached hydrogens (tertiary/aromatic N) is 3. The Morgan fingerprint density at radius 1 is 0.718 bits per heavy atom. The second kappa shape index (κ2) is 13.3. The molecule has 0 saturated carbocycles. The maximum Gasteiger partial charge on any atom is 0.0858 e. The fraction of sp³-hybridized carbons (Fsp3) is 0.314. The van der Waals surface area contributed by atoms with E-state index < -0.39 is 0 Å². The fourth-order valence-electron chi connectivity index (χ4n) is 4.54.